The second-order valence-electron chi connectivity index (χ2n) is 3.21. The molecule has 16 heavy (non-hydrogen) atoms. The zero-order valence-electron chi connectivity index (χ0n) is 8.39. The number of rotatable bonds is 4. The monoisotopic (exact) mass is 237 g/mol. The molecular weight excluding hydrogens is 227 g/mol. The van der Waals surface area contributed by atoms with Crippen LogP contribution >= 0.6 is 0 Å². The highest BCUT2D eigenvalue weighted by Crippen LogP contribution is 2.16. The van der Waals surface area contributed by atoms with Gasteiger partial charge in [-0.15, -0.1) is 0 Å². The molecule has 0 aliphatic heterocycles. The summed E-state index contributed by atoms with van der Waals surface area (Å²) >= 11 is 0. The van der Waals surface area contributed by atoms with E-state index >= 15 is 0 Å². The minimum absolute atomic E-state index is 0.0381. The Morgan fingerprint density at radius 3 is 2.62 bits per heavy atom. The van der Waals surface area contributed by atoms with Crippen LogP contribution in [0.5, 0.6) is 0 Å². The van der Waals surface area contributed by atoms with Crippen LogP contribution in [0.4, 0.5) is 13.2 Å². The van der Waals surface area contributed by atoms with Gasteiger partial charge in [-0.2, -0.15) is 13.2 Å². The molecule has 0 amide bonds. The van der Waals surface area contributed by atoms with Crippen LogP contribution < -0.4 is 5.32 Å². The first-order valence-corrected chi connectivity index (χ1v) is 4.39. The molecule has 1 heterocycles. The Bertz CT molecular complexity index is 384. The summed E-state index contributed by atoms with van der Waals surface area (Å²) in [4.78, 5) is 10.6. The van der Waals surface area contributed by atoms with Gasteiger partial charge >= 0.3 is 12.1 Å². The number of carboxylic acids is 1. The van der Waals surface area contributed by atoms with Crippen molar-refractivity contribution in [1.29, 1.82) is 0 Å². The van der Waals surface area contributed by atoms with Crippen molar-refractivity contribution in [2.75, 3.05) is 6.54 Å². The van der Waals surface area contributed by atoms with E-state index in [1.807, 2.05) is 0 Å². The summed E-state index contributed by atoms with van der Waals surface area (Å²) in [6.07, 6.45) is -4.29. The molecule has 0 saturated heterocycles. The number of furan rings is 1. The standard InChI is InChI=1S/C9H10F3NO3/c1-5-7(8(14)15)2-6(16-5)3-13-4-9(10,11)12/h2,13H,3-4H2,1H3,(H,14,15). The number of alkyl halides is 3. The van der Waals surface area contributed by atoms with Gasteiger partial charge in [0.05, 0.1) is 13.1 Å². The Balaban J connectivity index is 2.56. The number of carbonyl (C=O) groups is 1. The van der Waals surface area contributed by atoms with Gasteiger partial charge < -0.3 is 14.8 Å². The predicted octanol–water partition coefficient (Wildman–Crippen LogP) is 1.94. The normalized spacial score (nSPS) is 11.8. The molecular formula is C9H10F3NO3. The fraction of sp³-hybridized carbons (Fsp3) is 0.444. The molecule has 0 aliphatic rings. The number of aryl methyl sites for hydroxylation is 1. The average Bonchev–Trinajstić information content (AvgIpc) is 2.44. The van der Waals surface area contributed by atoms with Gasteiger partial charge in [0.15, 0.2) is 0 Å². The van der Waals surface area contributed by atoms with Crippen LogP contribution in [0.2, 0.25) is 0 Å². The van der Waals surface area contributed by atoms with Crippen molar-refractivity contribution in [3.05, 3.63) is 23.2 Å². The highest BCUT2D eigenvalue weighted by Gasteiger charge is 2.26. The van der Waals surface area contributed by atoms with E-state index in [4.69, 9.17) is 9.52 Å². The molecule has 4 nitrogen and oxygen atoms in total. The lowest BCUT2D eigenvalue weighted by atomic mass is 10.2. The molecule has 1 rings (SSSR count). The van der Waals surface area contributed by atoms with Crippen molar-refractivity contribution < 1.29 is 27.5 Å². The summed E-state index contributed by atoms with van der Waals surface area (Å²) in [5, 5.41) is 10.8. The first-order chi connectivity index (χ1) is 7.29. The molecule has 0 bridgehead atoms. The van der Waals surface area contributed by atoms with Gasteiger partial charge in [-0.05, 0) is 13.0 Å². The van der Waals surface area contributed by atoms with E-state index in [0.29, 0.717) is 0 Å². The first-order valence-electron chi connectivity index (χ1n) is 4.39. The number of carboxylic acid groups (broad SMARTS) is 1. The minimum Gasteiger partial charge on any atom is -0.478 e. The van der Waals surface area contributed by atoms with Crippen LogP contribution in [-0.2, 0) is 6.54 Å². The van der Waals surface area contributed by atoms with E-state index in [9.17, 15) is 18.0 Å². The molecule has 0 saturated carbocycles. The number of hydrogen-bond donors (Lipinski definition) is 2. The molecule has 2 N–H and O–H groups in total. The Morgan fingerprint density at radius 1 is 1.56 bits per heavy atom. The van der Waals surface area contributed by atoms with E-state index < -0.39 is 18.7 Å². The van der Waals surface area contributed by atoms with Crippen molar-refractivity contribution in [3.63, 3.8) is 0 Å². The lowest BCUT2D eigenvalue weighted by molar-refractivity contribution is -0.125. The number of aromatic carboxylic acids is 1. The predicted molar refractivity (Wildman–Crippen MR) is 48.2 cm³/mol. The molecule has 0 atom stereocenters. The van der Waals surface area contributed by atoms with Crippen molar-refractivity contribution in [3.8, 4) is 0 Å². The topological polar surface area (TPSA) is 62.5 Å². The van der Waals surface area contributed by atoms with Crippen LogP contribution in [0.1, 0.15) is 21.9 Å². The molecule has 90 valence electrons. The molecule has 0 aromatic carbocycles. The maximum absolute atomic E-state index is 11.8. The molecule has 0 fully saturated rings. The Morgan fingerprint density at radius 2 is 2.19 bits per heavy atom. The number of nitrogens with one attached hydrogen (secondary N) is 1. The van der Waals surface area contributed by atoms with Crippen molar-refractivity contribution in [2.45, 2.75) is 19.6 Å². The highest BCUT2D eigenvalue weighted by atomic mass is 19.4. The van der Waals surface area contributed by atoms with Crippen LogP contribution in [0.15, 0.2) is 10.5 Å². The van der Waals surface area contributed by atoms with E-state index in [2.05, 4.69) is 5.32 Å². The van der Waals surface area contributed by atoms with E-state index in [1.165, 1.54) is 13.0 Å². The lowest BCUT2D eigenvalue weighted by Gasteiger charge is -2.05. The number of hydrogen-bond acceptors (Lipinski definition) is 3. The van der Waals surface area contributed by atoms with Crippen LogP contribution in [-0.4, -0.2) is 23.8 Å². The molecule has 0 aliphatic carbocycles. The minimum atomic E-state index is -4.29. The van der Waals surface area contributed by atoms with Gasteiger partial charge in [0.25, 0.3) is 0 Å². The fourth-order valence-electron chi connectivity index (χ4n) is 1.17. The Labute approximate surface area is 89.1 Å². The summed E-state index contributed by atoms with van der Waals surface area (Å²) in [6, 6.07) is 1.21. The summed E-state index contributed by atoms with van der Waals surface area (Å²) in [7, 11) is 0. The number of halogens is 3. The molecule has 0 radical (unpaired) electrons. The average molecular weight is 237 g/mol. The lowest BCUT2D eigenvalue weighted by Crippen LogP contribution is -2.28. The third-order valence-electron chi connectivity index (χ3n) is 1.82. The molecule has 0 unspecified atom stereocenters. The SMILES string of the molecule is Cc1oc(CNCC(F)(F)F)cc1C(=O)O. The maximum atomic E-state index is 11.8. The van der Waals surface area contributed by atoms with E-state index in [-0.39, 0.29) is 23.6 Å². The molecule has 7 heteroatoms. The van der Waals surface area contributed by atoms with Crippen molar-refractivity contribution in [1.82, 2.24) is 5.32 Å². The van der Waals surface area contributed by atoms with Gasteiger partial charge in [-0.3, -0.25) is 0 Å². The van der Waals surface area contributed by atoms with Crippen molar-refractivity contribution >= 4 is 5.97 Å². The van der Waals surface area contributed by atoms with Crippen molar-refractivity contribution in [2.24, 2.45) is 0 Å². The molecule has 1 aromatic rings. The summed E-state index contributed by atoms with van der Waals surface area (Å²) < 4.78 is 40.3. The van der Waals surface area contributed by atoms with Gasteiger partial charge in [0.2, 0.25) is 0 Å². The molecule has 0 spiro atoms. The summed E-state index contributed by atoms with van der Waals surface area (Å²) in [6.45, 7) is 0.138. The first kappa shape index (κ1) is 12.6. The van der Waals surface area contributed by atoms with E-state index in [1.54, 1.807) is 0 Å². The summed E-state index contributed by atoms with van der Waals surface area (Å²) in [5.41, 5.74) is -0.0381. The van der Waals surface area contributed by atoms with Crippen LogP contribution in [0.25, 0.3) is 0 Å². The largest absolute Gasteiger partial charge is 0.478 e. The quantitative estimate of drug-likeness (QED) is 0.840. The zero-order chi connectivity index (χ0) is 12.3. The second-order valence-corrected chi connectivity index (χ2v) is 3.21. The maximum Gasteiger partial charge on any atom is 0.401 e. The Kier molecular flexibility index (Phi) is 3.58. The zero-order valence-corrected chi connectivity index (χ0v) is 8.39. The van der Waals surface area contributed by atoms with Gasteiger partial charge in [-0.1, -0.05) is 0 Å². The van der Waals surface area contributed by atoms with Gasteiger partial charge in [-0.25, -0.2) is 4.79 Å². The second kappa shape index (κ2) is 4.56. The highest BCUT2D eigenvalue weighted by molar-refractivity contribution is 5.88. The third kappa shape index (κ3) is 3.58. The van der Waals surface area contributed by atoms with Crippen LogP contribution in [0, 0.1) is 6.92 Å². The Hall–Kier alpha value is -1.50. The van der Waals surface area contributed by atoms with Crippen LogP contribution in [0.3, 0.4) is 0 Å². The van der Waals surface area contributed by atoms with Gasteiger partial charge in [0.1, 0.15) is 17.1 Å². The third-order valence-corrected chi connectivity index (χ3v) is 1.82. The van der Waals surface area contributed by atoms with E-state index in [0.717, 1.165) is 0 Å². The molecule has 1 aromatic heterocycles. The smallest absolute Gasteiger partial charge is 0.401 e. The fourth-order valence-corrected chi connectivity index (χ4v) is 1.17. The summed E-state index contributed by atoms with van der Waals surface area (Å²) in [5.74, 6) is -0.821. The van der Waals surface area contributed by atoms with Gasteiger partial charge in [0, 0.05) is 0 Å².